The normalized spacial score (nSPS) is 20.7. The number of halogens is 1. The van der Waals surface area contributed by atoms with E-state index in [0.29, 0.717) is 11.5 Å². The molecule has 0 atom stereocenters. The van der Waals surface area contributed by atoms with Crippen LogP contribution in [0.1, 0.15) is 62.5 Å². The van der Waals surface area contributed by atoms with Crippen LogP contribution < -0.4 is 0 Å². The molecule has 1 heterocycles. The van der Waals surface area contributed by atoms with Crippen molar-refractivity contribution in [1.82, 2.24) is 0 Å². The largest absolute Gasteiger partial charge is 0.257 e. The molecule has 0 N–H and O–H groups in total. The van der Waals surface area contributed by atoms with Crippen molar-refractivity contribution >= 4 is 11.4 Å². The van der Waals surface area contributed by atoms with Gasteiger partial charge in [0.1, 0.15) is 5.82 Å². The summed E-state index contributed by atoms with van der Waals surface area (Å²) in [5.41, 5.74) is 4.20. The molecule has 0 bridgehead atoms. The van der Waals surface area contributed by atoms with E-state index in [1.807, 2.05) is 19.1 Å². The molecule has 0 unspecified atom stereocenters. The SMILES string of the molecule is Cc1cc(C2=CCCCC(C3CCCCC3)=N2)ccc1F. The number of allylic oxidation sites excluding steroid dienone is 1. The molecule has 0 aromatic heterocycles. The second-order valence-electron chi connectivity index (χ2n) is 6.38. The molecule has 0 amide bonds. The summed E-state index contributed by atoms with van der Waals surface area (Å²) >= 11 is 0. The van der Waals surface area contributed by atoms with E-state index in [2.05, 4.69) is 6.08 Å². The standard InChI is InChI=1S/C19H24FN/c1-14-13-16(11-12-17(14)20)19-10-6-5-9-18(21-19)15-7-3-2-4-8-15/h10-13,15H,2-9H2,1H3. The highest BCUT2D eigenvalue weighted by molar-refractivity contribution is 5.92. The Morgan fingerprint density at radius 1 is 1.10 bits per heavy atom. The lowest BCUT2D eigenvalue weighted by Crippen LogP contribution is -2.17. The van der Waals surface area contributed by atoms with Crippen LogP contribution in [0.2, 0.25) is 0 Å². The van der Waals surface area contributed by atoms with E-state index >= 15 is 0 Å². The van der Waals surface area contributed by atoms with Crippen molar-refractivity contribution < 1.29 is 4.39 Å². The maximum absolute atomic E-state index is 13.5. The molecule has 0 radical (unpaired) electrons. The van der Waals surface area contributed by atoms with Crippen LogP contribution in [0.15, 0.2) is 29.3 Å². The molecule has 1 aromatic carbocycles. The summed E-state index contributed by atoms with van der Waals surface area (Å²) < 4.78 is 13.5. The van der Waals surface area contributed by atoms with Crippen molar-refractivity contribution in [3.05, 3.63) is 41.2 Å². The van der Waals surface area contributed by atoms with Crippen LogP contribution >= 0.6 is 0 Å². The van der Waals surface area contributed by atoms with Gasteiger partial charge in [-0.3, -0.25) is 4.99 Å². The molecular formula is C19H24FN. The Kier molecular flexibility index (Phi) is 4.52. The Morgan fingerprint density at radius 3 is 2.67 bits per heavy atom. The Bertz CT molecular complexity index is 565. The van der Waals surface area contributed by atoms with Crippen molar-refractivity contribution in [2.75, 3.05) is 0 Å². The summed E-state index contributed by atoms with van der Waals surface area (Å²) in [6.07, 6.45) is 12.3. The third-order valence-corrected chi connectivity index (χ3v) is 4.77. The second kappa shape index (κ2) is 6.55. The molecule has 1 fully saturated rings. The first-order valence-corrected chi connectivity index (χ1v) is 8.28. The van der Waals surface area contributed by atoms with Gasteiger partial charge in [-0.1, -0.05) is 25.3 Å². The van der Waals surface area contributed by atoms with E-state index < -0.39 is 0 Å². The van der Waals surface area contributed by atoms with Crippen LogP contribution in [0.4, 0.5) is 4.39 Å². The van der Waals surface area contributed by atoms with Crippen LogP contribution in [0.3, 0.4) is 0 Å². The fourth-order valence-corrected chi connectivity index (χ4v) is 3.50. The molecule has 0 spiro atoms. The minimum absolute atomic E-state index is 0.135. The van der Waals surface area contributed by atoms with Crippen molar-refractivity contribution in [2.24, 2.45) is 10.9 Å². The second-order valence-corrected chi connectivity index (χ2v) is 6.38. The zero-order valence-electron chi connectivity index (χ0n) is 12.9. The summed E-state index contributed by atoms with van der Waals surface area (Å²) in [6.45, 7) is 1.82. The highest BCUT2D eigenvalue weighted by Crippen LogP contribution is 2.31. The molecule has 1 aliphatic heterocycles. The van der Waals surface area contributed by atoms with Crippen LogP contribution in [-0.2, 0) is 0 Å². The average Bonchev–Trinajstić information content (AvgIpc) is 2.77. The van der Waals surface area contributed by atoms with Gasteiger partial charge in [-0.2, -0.15) is 0 Å². The molecule has 2 aliphatic rings. The summed E-state index contributed by atoms with van der Waals surface area (Å²) in [5, 5.41) is 0. The minimum Gasteiger partial charge on any atom is -0.257 e. The van der Waals surface area contributed by atoms with Gasteiger partial charge in [0.05, 0.1) is 5.70 Å². The van der Waals surface area contributed by atoms with Gasteiger partial charge in [0.15, 0.2) is 0 Å². The van der Waals surface area contributed by atoms with E-state index in [1.165, 1.54) is 44.2 Å². The molecule has 1 nitrogen and oxygen atoms in total. The first-order valence-electron chi connectivity index (χ1n) is 8.28. The van der Waals surface area contributed by atoms with Gasteiger partial charge in [-0.25, -0.2) is 4.39 Å². The van der Waals surface area contributed by atoms with Crippen LogP contribution in [-0.4, -0.2) is 5.71 Å². The average molecular weight is 285 g/mol. The smallest absolute Gasteiger partial charge is 0.126 e. The third-order valence-electron chi connectivity index (χ3n) is 4.77. The Morgan fingerprint density at radius 2 is 1.90 bits per heavy atom. The lowest BCUT2D eigenvalue weighted by atomic mass is 9.84. The molecular weight excluding hydrogens is 261 g/mol. The van der Waals surface area contributed by atoms with Gasteiger partial charge < -0.3 is 0 Å². The predicted octanol–water partition coefficient (Wildman–Crippen LogP) is 5.68. The van der Waals surface area contributed by atoms with E-state index in [0.717, 1.165) is 24.1 Å². The zero-order valence-corrected chi connectivity index (χ0v) is 12.9. The number of hydrogen-bond donors (Lipinski definition) is 0. The Balaban J connectivity index is 1.88. The van der Waals surface area contributed by atoms with Crippen molar-refractivity contribution in [2.45, 2.75) is 58.3 Å². The van der Waals surface area contributed by atoms with Gasteiger partial charge in [0.25, 0.3) is 0 Å². The highest BCUT2D eigenvalue weighted by atomic mass is 19.1. The van der Waals surface area contributed by atoms with Gasteiger partial charge in [0, 0.05) is 11.3 Å². The number of rotatable bonds is 2. The quantitative estimate of drug-likeness (QED) is 0.663. The number of aryl methyl sites for hydroxylation is 1. The Labute approximate surface area is 127 Å². The summed E-state index contributed by atoms with van der Waals surface area (Å²) in [7, 11) is 0. The maximum Gasteiger partial charge on any atom is 0.126 e. The fourth-order valence-electron chi connectivity index (χ4n) is 3.50. The third kappa shape index (κ3) is 3.42. The molecule has 1 aromatic rings. The lowest BCUT2D eigenvalue weighted by molar-refractivity contribution is 0.435. The molecule has 1 aliphatic carbocycles. The van der Waals surface area contributed by atoms with Crippen LogP contribution in [0, 0.1) is 18.7 Å². The summed E-state index contributed by atoms with van der Waals surface area (Å²) in [5.74, 6) is 0.547. The maximum atomic E-state index is 13.5. The molecule has 1 saturated carbocycles. The highest BCUT2D eigenvalue weighted by Gasteiger charge is 2.20. The minimum atomic E-state index is -0.135. The molecule has 2 heteroatoms. The molecule has 112 valence electrons. The topological polar surface area (TPSA) is 12.4 Å². The summed E-state index contributed by atoms with van der Waals surface area (Å²) in [4.78, 5) is 5.00. The van der Waals surface area contributed by atoms with E-state index in [1.54, 1.807) is 6.07 Å². The first kappa shape index (κ1) is 14.5. The molecule has 21 heavy (non-hydrogen) atoms. The van der Waals surface area contributed by atoms with Gasteiger partial charge in [0.2, 0.25) is 0 Å². The Hall–Kier alpha value is -1.44. The molecule has 0 saturated heterocycles. The van der Waals surface area contributed by atoms with Gasteiger partial charge >= 0.3 is 0 Å². The predicted molar refractivity (Wildman–Crippen MR) is 87.0 cm³/mol. The monoisotopic (exact) mass is 285 g/mol. The van der Waals surface area contributed by atoms with E-state index in [4.69, 9.17) is 4.99 Å². The van der Waals surface area contributed by atoms with Gasteiger partial charge in [-0.15, -0.1) is 0 Å². The van der Waals surface area contributed by atoms with E-state index in [-0.39, 0.29) is 5.82 Å². The van der Waals surface area contributed by atoms with Crippen LogP contribution in [0.5, 0.6) is 0 Å². The van der Waals surface area contributed by atoms with Crippen molar-refractivity contribution in [3.8, 4) is 0 Å². The fraction of sp³-hybridized carbons (Fsp3) is 0.526. The molecule has 3 rings (SSSR count). The number of nitrogens with zero attached hydrogens (tertiary/aromatic N) is 1. The number of hydrogen-bond acceptors (Lipinski definition) is 1. The van der Waals surface area contributed by atoms with Gasteiger partial charge in [-0.05, 0) is 68.7 Å². The van der Waals surface area contributed by atoms with Crippen LogP contribution in [0.25, 0.3) is 5.70 Å². The van der Waals surface area contributed by atoms with Crippen molar-refractivity contribution in [1.29, 1.82) is 0 Å². The van der Waals surface area contributed by atoms with Crippen molar-refractivity contribution in [3.63, 3.8) is 0 Å². The first-order chi connectivity index (χ1) is 10.2. The number of benzene rings is 1. The number of aliphatic imine (C=N–C) groups is 1. The van der Waals surface area contributed by atoms with E-state index in [9.17, 15) is 4.39 Å². The lowest BCUT2D eigenvalue weighted by Gasteiger charge is -2.23. The summed E-state index contributed by atoms with van der Waals surface area (Å²) in [6, 6.07) is 5.35. The zero-order chi connectivity index (χ0) is 14.7.